The van der Waals surface area contributed by atoms with Gasteiger partial charge in [0.1, 0.15) is 5.69 Å². The van der Waals surface area contributed by atoms with Gasteiger partial charge in [-0.15, -0.1) is 0 Å². The van der Waals surface area contributed by atoms with Crippen LogP contribution in [0.5, 0.6) is 11.5 Å². The fourth-order valence-corrected chi connectivity index (χ4v) is 2.68. The summed E-state index contributed by atoms with van der Waals surface area (Å²) in [6.45, 7) is 0. The van der Waals surface area contributed by atoms with Gasteiger partial charge in [0.25, 0.3) is 0 Å². The van der Waals surface area contributed by atoms with Gasteiger partial charge in [-0.05, 0) is 35.9 Å². The number of ether oxygens (including phenoxy) is 1. The standard InChI is InChI=1S/C19H13F6N3O2/c1-30-15-6-5-10(7-14(15)29)9-26-28-13-8-16(19(23,24)25)27-17-11(13)3-2-4-12(17)18(20,21)22/h2-9,29H,1H3,(H,27,28)/b26-9+. The van der Waals surface area contributed by atoms with Gasteiger partial charge in [-0.3, -0.25) is 5.43 Å². The lowest BCUT2D eigenvalue weighted by Gasteiger charge is -2.15. The molecule has 11 heteroatoms. The molecule has 1 aromatic heterocycles. The minimum Gasteiger partial charge on any atom is -0.504 e. The average molecular weight is 429 g/mol. The third-order valence-electron chi connectivity index (χ3n) is 4.04. The molecule has 3 aromatic rings. The first-order valence-corrected chi connectivity index (χ1v) is 8.25. The van der Waals surface area contributed by atoms with Crippen LogP contribution < -0.4 is 10.2 Å². The van der Waals surface area contributed by atoms with Crippen molar-refractivity contribution in [2.75, 3.05) is 12.5 Å². The van der Waals surface area contributed by atoms with E-state index in [2.05, 4.69) is 15.5 Å². The highest BCUT2D eigenvalue weighted by molar-refractivity contribution is 5.94. The maximum atomic E-state index is 13.2. The third kappa shape index (κ3) is 4.39. The fraction of sp³-hybridized carbons (Fsp3) is 0.158. The maximum Gasteiger partial charge on any atom is 0.433 e. The number of halogens is 6. The van der Waals surface area contributed by atoms with Crippen LogP contribution >= 0.6 is 0 Å². The number of phenols is 1. The summed E-state index contributed by atoms with van der Waals surface area (Å²) in [4.78, 5) is 3.19. The van der Waals surface area contributed by atoms with Crippen LogP contribution in [0.2, 0.25) is 0 Å². The third-order valence-corrected chi connectivity index (χ3v) is 4.04. The number of benzene rings is 2. The van der Waals surface area contributed by atoms with Crippen molar-refractivity contribution in [1.82, 2.24) is 4.98 Å². The summed E-state index contributed by atoms with van der Waals surface area (Å²) in [5.41, 5.74) is -1.26. The molecule has 0 saturated carbocycles. The van der Waals surface area contributed by atoms with Crippen LogP contribution in [-0.2, 0) is 12.4 Å². The van der Waals surface area contributed by atoms with Gasteiger partial charge < -0.3 is 9.84 Å². The van der Waals surface area contributed by atoms with Gasteiger partial charge in [-0.1, -0.05) is 12.1 Å². The predicted octanol–water partition coefficient (Wildman–Crippen LogP) is 5.43. The summed E-state index contributed by atoms with van der Waals surface area (Å²) < 4.78 is 84.2. The van der Waals surface area contributed by atoms with E-state index in [1.54, 1.807) is 0 Å². The molecule has 0 atom stereocenters. The van der Waals surface area contributed by atoms with Crippen LogP contribution in [0.3, 0.4) is 0 Å². The molecule has 158 valence electrons. The Morgan fingerprint density at radius 2 is 1.77 bits per heavy atom. The number of alkyl halides is 6. The zero-order chi connectivity index (χ0) is 22.1. The van der Waals surface area contributed by atoms with E-state index in [-0.39, 0.29) is 22.6 Å². The number of hydrazone groups is 1. The molecule has 0 aliphatic heterocycles. The van der Waals surface area contributed by atoms with E-state index < -0.39 is 29.1 Å². The van der Waals surface area contributed by atoms with Crippen molar-refractivity contribution in [3.63, 3.8) is 0 Å². The van der Waals surface area contributed by atoms with E-state index in [0.29, 0.717) is 17.7 Å². The lowest BCUT2D eigenvalue weighted by molar-refractivity contribution is -0.142. The van der Waals surface area contributed by atoms with Gasteiger partial charge in [0.2, 0.25) is 0 Å². The average Bonchev–Trinajstić information content (AvgIpc) is 2.66. The molecule has 0 saturated heterocycles. The number of nitrogens with one attached hydrogen (secondary N) is 1. The number of pyridine rings is 1. The molecule has 0 aliphatic carbocycles. The number of aromatic nitrogens is 1. The number of fused-ring (bicyclic) bond motifs is 1. The Balaban J connectivity index is 2.05. The molecule has 3 rings (SSSR count). The second-order valence-corrected chi connectivity index (χ2v) is 6.05. The number of para-hydroxylation sites is 1. The Labute approximate surface area is 165 Å². The number of nitrogens with zero attached hydrogens (tertiary/aromatic N) is 2. The molecule has 1 heterocycles. The molecule has 0 unspecified atom stereocenters. The molecule has 30 heavy (non-hydrogen) atoms. The van der Waals surface area contributed by atoms with Crippen LogP contribution in [0.1, 0.15) is 16.8 Å². The molecular formula is C19H13F6N3O2. The Morgan fingerprint density at radius 1 is 1.03 bits per heavy atom. The van der Waals surface area contributed by atoms with Gasteiger partial charge in [0.05, 0.1) is 30.1 Å². The van der Waals surface area contributed by atoms with Crippen LogP contribution in [0.25, 0.3) is 10.9 Å². The summed E-state index contributed by atoms with van der Waals surface area (Å²) in [6.07, 6.45) is -8.68. The van der Waals surface area contributed by atoms with E-state index in [4.69, 9.17) is 4.74 Å². The Morgan fingerprint density at radius 3 is 2.37 bits per heavy atom. The Kier molecular flexibility index (Phi) is 5.47. The molecule has 0 aliphatic rings. The molecular weight excluding hydrogens is 416 g/mol. The molecule has 0 bridgehead atoms. The van der Waals surface area contributed by atoms with Crippen molar-refractivity contribution in [1.29, 1.82) is 0 Å². The molecule has 0 amide bonds. The zero-order valence-electron chi connectivity index (χ0n) is 15.1. The lowest BCUT2D eigenvalue weighted by Crippen LogP contribution is -2.12. The lowest BCUT2D eigenvalue weighted by atomic mass is 10.1. The minimum absolute atomic E-state index is 0.187. The first kappa shape index (κ1) is 21.2. The molecule has 0 fully saturated rings. The van der Waals surface area contributed by atoms with Crippen molar-refractivity contribution >= 4 is 22.8 Å². The van der Waals surface area contributed by atoms with E-state index in [1.165, 1.54) is 37.6 Å². The monoisotopic (exact) mass is 429 g/mol. The molecule has 5 nitrogen and oxygen atoms in total. The largest absolute Gasteiger partial charge is 0.504 e. The molecule has 2 aromatic carbocycles. The number of hydrogen-bond acceptors (Lipinski definition) is 5. The number of anilines is 1. The van der Waals surface area contributed by atoms with E-state index in [1.807, 2.05) is 0 Å². The second-order valence-electron chi connectivity index (χ2n) is 6.05. The van der Waals surface area contributed by atoms with Gasteiger partial charge in [0, 0.05) is 5.39 Å². The summed E-state index contributed by atoms with van der Waals surface area (Å²) >= 11 is 0. The number of aromatic hydroxyl groups is 1. The SMILES string of the molecule is COc1ccc(/C=N/Nc2cc(C(F)(F)F)nc3c(C(F)(F)F)cccc23)cc1O. The van der Waals surface area contributed by atoms with Gasteiger partial charge in [-0.25, -0.2) is 4.98 Å². The summed E-state index contributed by atoms with van der Waals surface area (Å²) in [7, 11) is 1.35. The number of methoxy groups -OCH3 is 1. The van der Waals surface area contributed by atoms with E-state index in [9.17, 15) is 31.4 Å². The predicted molar refractivity (Wildman–Crippen MR) is 97.6 cm³/mol. The number of rotatable bonds is 4. The minimum atomic E-state index is -4.96. The normalized spacial score (nSPS) is 12.5. The van der Waals surface area contributed by atoms with Crippen molar-refractivity contribution in [2.24, 2.45) is 5.10 Å². The number of phenolic OH excluding ortho intramolecular Hbond substituents is 1. The highest BCUT2D eigenvalue weighted by atomic mass is 19.4. The summed E-state index contributed by atoms with van der Waals surface area (Å²) in [5.74, 6) is 0.0136. The van der Waals surface area contributed by atoms with Crippen molar-refractivity contribution < 1.29 is 36.2 Å². The first-order valence-electron chi connectivity index (χ1n) is 8.25. The van der Waals surface area contributed by atoms with Crippen LogP contribution in [-0.4, -0.2) is 23.4 Å². The topological polar surface area (TPSA) is 66.7 Å². The first-order chi connectivity index (χ1) is 14.0. The Hall–Kier alpha value is -3.50. The quantitative estimate of drug-likeness (QED) is 0.330. The van der Waals surface area contributed by atoms with E-state index in [0.717, 1.165) is 6.07 Å². The van der Waals surface area contributed by atoms with Gasteiger partial charge in [-0.2, -0.15) is 31.4 Å². The Bertz CT molecular complexity index is 1110. The van der Waals surface area contributed by atoms with Gasteiger partial charge in [0.15, 0.2) is 11.5 Å². The van der Waals surface area contributed by atoms with Crippen molar-refractivity contribution in [3.05, 3.63) is 59.3 Å². The van der Waals surface area contributed by atoms with Gasteiger partial charge >= 0.3 is 12.4 Å². The zero-order valence-corrected chi connectivity index (χ0v) is 15.1. The van der Waals surface area contributed by atoms with Crippen molar-refractivity contribution in [2.45, 2.75) is 12.4 Å². The highest BCUT2D eigenvalue weighted by Gasteiger charge is 2.37. The maximum absolute atomic E-state index is 13.2. The summed E-state index contributed by atoms with van der Waals surface area (Å²) in [6, 6.07) is 7.74. The van der Waals surface area contributed by atoms with E-state index >= 15 is 0 Å². The second kappa shape index (κ2) is 7.73. The number of hydrogen-bond donors (Lipinski definition) is 2. The molecule has 0 spiro atoms. The molecule has 2 N–H and O–H groups in total. The fourth-order valence-electron chi connectivity index (χ4n) is 2.68. The van der Waals surface area contributed by atoms with Crippen LogP contribution in [0.15, 0.2) is 47.6 Å². The smallest absolute Gasteiger partial charge is 0.433 e. The molecule has 0 radical (unpaired) electrons. The highest BCUT2D eigenvalue weighted by Crippen LogP contribution is 2.39. The van der Waals surface area contributed by atoms with Crippen molar-refractivity contribution in [3.8, 4) is 11.5 Å². The van der Waals surface area contributed by atoms with Crippen LogP contribution in [0, 0.1) is 0 Å². The van der Waals surface area contributed by atoms with Crippen LogP contribution in [0.4, 0.5) is 32.0 Å². The summed E-state index contributed by atoms with van der Waals surface area (Å²) in [5, 5.41) is 13.3.